The Balaban J connectivity index is 2.45. The monoisotopic (exact) mass is 249 g/mol. The van der Waals surface area contributed by atoms with Crippen LogP contribution in [0.15, 0.2) is 6.07 Å². The highest BCUT2D eigenvalue weighted by Crippen LogP contribution is 2.21. The molecule has 0 aliphatic heterocycles. The van der Waals surface area contributed by atoms with E-state index in [0.29, 0.717) is 0 Å². The van der Waals surface area contributed by atoms with E-state index in [-0.39, 0.29) is 11.7 Å². The van der Waals surface area contributed by atoms with Crippen molar-refractivity contribution in [1.82, 2.24) is 10.2 Å². The Labute approximate surface area is 96.6 Å². The van der Waals surface area contributed by atoms with Crippen LogP contribution in [-0.2, 0) is 4.79 Å². The first-order valence-electron chi connectivity index (χ1n) is 5.20. The zero-order valence-corrected chi connectivity index (χ0v) is 9.56. The van der Waals surface area contributed by atoms with Crippen molar-refractivity contribution in [2.45, 2.75) is 38.8 Å². The van der Waals surface area contributed by atoms with Gasteiger partial charge in [0.1, 0.15) is 0 Å². The highest BCUT2D eigenvalue weighted by atomic mass is 19.4. The summed E-state index contributed by atoms with van der Waals surface area (Å²) < 4.78 is 35.6. The van der Waals surface area contributed by atoms with E-state index in [1.54, 1.807) is 6.07 Å². The molecule has 0 saturated carbocycles. The Hall–Kier alpha value is -1.53. The van der Waals surface area contributed by atoms with E-state index in [9.17, 15) is 18.0 Å². The van der Waals surface area contributed by atoms with Gasteiger partial charge in [-0.05, 0) is 5.92 Å². The Bertz CT molecular complexity index is 384. The molecule has 1 amide bonds. The quantitative estimate of drug-likeness (QED) is 0.862. The Morgan fingerprint density at radius 1 is 1.53 bits per heavy atom. The zero-order chi connectivity index (χ0) is 13.1. The third kappa shape index (κ3) is 4.88. The summed E-state index contributed by atoms with van der Waals surface area (Å²) in [5.74, 6) is -0.228. The molecular weight excluding hydrogens is 235 g/mol. The molecule has 96 valence electrons. The molecule has 0 saturated heterocycles. The molecule has 0 atom stereocenters. The molecule has 2 N–H and O–H groups in total. The first-order valence-corrected chi connectivity index (χ1v) is 5.20. The number of amides is 1. The minimum Gasteiger partial charge on any atom is -0.309 e. The van der Waals surface area contributed by atoms with Gasteiger partial charge >= 0.3 is 6.18 Å². The second kappa shape index (κ2) is 5.20. The molecule has 0 unspecified atom stereocenters. The highest BCUT2D eigenvalue weighted by Gasteiger charge is 2.27. The minimum absolute atomic E-state index is 0.211. The van der Waals surface area contributed by atoms with Crippen LogP contribution in [0.3, 0.4) is 0 Å². The molecule has 0 aliphatic carbocycles. The fourth-order valence-corrected chi connectivity index (χ4v) is 1.16. The molecule has 0 aliphatic rings. The topological polar surface area (TPSA) is 57.8 Å². The molecule has 4 nitrogen and oxygen atoms in total. The SMILES string of the molecule is CC(C)c1cc(NC(=O)CCC(F)(F)F)n[nH]1. The van der Waals surface area contributed by atoms with Crippen LogP contribution in [0.4, 0.5) is 19.0 Å². The minimum atomic E-state index is -4.31. The number of nitrogens with zero attached hydrogens (tertiary/aromatic N) is 1. The lowest BCUT2D eigenvalue weighted by molar-refractivity contribution is -0.142. The summed E-state index contributed by atoms with van der Waals surface area (Å²) in [6.45, 7) is 3.87. The normalized spacial score (nSPS) is 11.9. The van der Waals surface area contributed by atoms with Crippen LogP contribution < -0.4 is 5.32 Å². The van der Waals surface area contributed by atoms with Crippen molar-refractivity contribution in [2.75, 3.05) is 5.32 Å². The van der Waals surface area contributed by atoms with E-state index >= 15 is 0 Å². The smallest absolute Gasteiger partial charge is 0.309 e. The number of rotatable bonds is 4. The van der Waals surface area contributed by atoms with Gasteiger partial charge in [0.2, 0.25) is 5.91 Å². The van der Waals surface area contributed by atoms with E-state index in [2.05, 4.69) is 15.5 Å². The molecule has 1 rings (SSSR count). The molecule has 1 heterocycles. The molecular formula is C10H14F3N3O. The molecule has 0 aromatic carbocycles. The fourth-order valence-electron chi connectivity index (χ4n) is 1.16. The van der Waals surface area contributed by atoms with E-state index < -0.39 is 24.9 Å². The van der Waals surface area contributed by atoms with Crippen molar-refractivity contribution in [1.29, 1.82) is 0 Å². The van der Waals surface area contributed by atoms with Crippen LogP contribution in [0.5, 0.6) is 0 Å². The Morgan fingerprint density at radius 2 is 2.18 bits per heavy atom. The number of anilines is 1. The largest absolute Gasteiger partial charge is 0.389 e. The third-order valence-corrected chi connectivity index (χ3v) is 2.12. The predicted octanol–water partition coefficient (Wildman–Crippen LogP) is 2.81. The lowest BCUT2D eigenvalue weighted by Gasteiger charge is -2.05. The van der Waals surface area contributed by atoms with Crippen molar-refractivity contribution < 1.29 is 18.0 Å². The lowest BCUT2D eigenvalue weighted by atomic mass is 10.1. The first kappa shape index (κ1) is 13.5. The second-order valence-electron chi connectivity index (χ2n) is 4.03. The van der Waals surface area contributed by atoms with Crippen LogP contribution in [0, 0.1) is 0 Å². The maximum absolute atomic E-state index is 11.9. The summed E-state index contributed by atoms with van der Waals surface area (Å²) in [4.78, 5) is 11.2. The molecule has 0 bridgehead atoms. The van der Waals surface area contributed by atoms with Gasteiger partial charge in [0.25, 0.3) is 0 Å². The Morgan fingerprint density at radius 3 is 2.65 bits per heavy atom. The van der Waals surface area contributed by atoms with Gasteiger partial charge in [0.05, 0.1) is 6.42 Å². The van der Waals surface area contributed by atoms with Gasteiger partial charge in [-0.2, -0.15) is 18.3 Å². The molecule has 0 spiro atoms. The number of alkyl halides is 3. The van der Waals surface area contributed by atoms with Crippen molar-refractivity contribution >= 4 is 11.7 Å². The standard InChI is InChI=1S/C10H14F3N3O/c1-6(2)7-5-8(16-15-7)14-9(17)3-4-10(11,12)13/h5-6H,3-4H2,1-2H3,(H2,14,15,16,17). The zero-order valence-electron chi connectivity index (χ0n) is 9.56. The van der Waals surface area contributed by atoms with Gasteiger partial charge in [-0.1, -0.05) is 13.8 Å². The van der Waals surface area contributed by atoms with Crippen LogP contribution in [-0.4, -0.2) is 22.3 Å². The maximum atomic E-state index is 11.9. The van der Waals surface area contributed by atoms with Crippen molar-refractivity contribution in [3.05, 3.63) is 11.8 Å². The molecule has 0 radical (unpaired) electrons. The van der Waals surface area contributed by atoms with Gasteiger partial charge in [0.15, 0.2) is 5.82 Å². The van der Waals surface area contributed by atoms with E-state index in [4.69, 9.17) is 0 Å². The summed E-state index contributed by atoms with van der Waals surface area (Å²) >= 11 is 0. The summed E-state index contributed by atoms with van der Waals surface area (Å²) in [6.07, 6.45) is -6.03. The van der Waals surface area contributed by atoms with Crippen molar-refractivity contribution in [3.63, 3.8) is 0 Å². The third-order valence-electron chi connectivity index (χ3n) is 2.12. The average Bonchev–Trinajstić information content (AvgIpc) is 2.62. The van der Waals surface area contributed by atoms with Gasteiger partial charge in [-0.25, -0.2) is 0 Å². The van der Waals surface area contributed by atoms with Crippen LogP contribution in [0.2, 0.25) is 0 Å². The fraction of sp³-hybridized carbons (Fsp3) is 0.600. The number of hydrogen-bond donors (Lipinski definition) is 2. The maximum Gasteiger partial charge on any atom is 0.389 e. The van der Waals surface area contributed by atoms with E-state index in [1.807, 2.05) is 13.8 Å². The second-order valence-corrected chi connectivity index (χ2v) is 4.03. The number of H-pyrrole nitrogens is 1. The van der Waals surface area contributed by atoms with Crippen LogP contribution in [0.1, 0.15) is 38.3 Å². The summed E-state index contributed by atoms with van der Waals surface area (Å²) in [5.41, 5.74) is 0.816. The number of carbonyl (C=O) groups excluding carboxylic acids is 1. The number of nitrogens with one attached hydrogen (secondary N) is 2. The molecule has 7 heteroatoms. The molecule has 1 aromatic heterocycles. The van der Waals surface area contributed by atoms with E-state index in [1.165, 1.54) is 0 Å². The summed E-state index contributed by atoms with van der Waals surface area (Å²) in [7, 11) is 0. The number of halogens is 3. The predicted molar refractivity (Wildman–Crippen MR) is 56.6 cm³/mol. The summed E-state index contributed by atoms with van der Waals surface area (Å²) in [5, 5.41) is 8.79. The number of carbonyl (C=O) groups is 1. The van der Waals surface area contributed by atoms with Gasteiger partial charge in [0, 0.05) is 18.2 Å². The van der Waals surface area contributed by atoms with Crippen molar-refractivity contribution in [3.8, 4) is 0 Å². The molecule has 1 aromatic rings. The van der Waals surface area contributed by atoms with Crippen LogP contribution >= 0.6 is 0 Å². The molecule has 17 heavy (non-hydrogen) atoms. The van der Waals surface area contributed by atoms with Crippen molar-refractivity contribution in [2.24, 2.45) is 0 Å². The van der Waals surface area contributed by atoms with Crippen LogP contribution in [0.25, 0.3) is 0 Å². The van der Waals surface area contributed by atoms with Gasteiger partial charge < -0.3 is 5.32 Å². The lowest BCUT2D eigenvalue weighted by Crippen LogP contribution is -2.16. The van der Waals surface area contributed by atoms with Gasteiger partial charge in [-0.15, -0.1) is 0 Å². The number of aromatic amines is 1. The number of aromatic nitrogens is 2. The summed E-state index contributed by atoms with van der Waals surface area (Å²) in [6, 6.07) is 1.61. The van der Waals surface area contributed by atoms with E-state index in [0.717, 1.165) is 5.69 Å². The average molecular weight is 249 g/mol. The Kier molecular flexibility index (Phi) is 4.14. The first-order chi connectivity index (χ1) is 7.78. The molecule has 0 fully saturated rings. The number of hydrogen-bond acceptors (Lipinski definition) is 2. The highest BCUT2D eigenvalue weighted by molar-refractivity contribution is 5.89. The van der Waals surface area contributed by atoms with Gasteiger partial charge in [-0.3, -0.25) is 9.89 Å².